The number of nitrogens with one attached hydrogen (secondary N) is 1. The van der Waals surface area contributed by atoms with Gasteiger partial charge in [0.25, 0.3) is 6.01 Å². The Morgan fingerprint density at radius 2 is 1.57 bits per heavy atom. The molecule has 0 spiro atoms. The number of fused-ring (bicyclic) bond motifs is 2. The Hall–Kier alpha value is -3.78. The second kappa shape index (κ2) is 15.1. The van der Waals surface area contributed by atoms with E-state index in [1.807, 2.05) is 29.2 Å². The molecule has 13 heteroatoms. The van der Waals surface area contributed by atoms with E-state index in [-0.39, 0.29) is 30.8 Å². The molecule has 0 bridgehead atoms. The van der Waals surface area contributed by atoms with Crippen LogP contribution in [0.15, 0.2) is 54.6 Å². The third kappa shape index (κ3) is 7.72. The molecule has 6 heterocycles. The maximum atomic E-state index is 11.6. The maximum absolute atomic E-state index is 11.6. The summed E-state index contributed by atoms with van der Waals surface area (Å²) in [5.74, 6) is 1.77. The molecule has 4 aliphatic heterocycles. The first-order valence-electron chi connectivity index (χ1n) is 18.0. The summed E-state index contributed by atoms with van der Waals surface area (Å²) in [5.41, 5.74) is 4.85. The van der Waals surface area contributed by atoms with Crippen LogP contribution in [0.25, 0.3) is 33.5 Å². The normalized spacial score (nSPS) is 24.6. The minimum absolute atomic E-state index is 0.205. The van der Waals surface area contributed by atoms with Crippen molar-refractivity contribution in [2.45, 2.75) is 44.2 Å². The molecule has 2 unspecified atom stereocenters. The van der Waals surface area contributed by atoms with Crippen LogP contribution in [0.2, 0.25) is 5.02 Å². The van der Waals surface area contributed by atoms with Crippen LogP contribution in [0.1, 0.15) is 19.8 Å². The van der Waals surface area contributed by atoms with Crippen molar-refractivity contribution in [2.75, 3.05) is 72.2 Å². The van der Waals surface area contributed by atoms with Crippen LogP contribution in [0.4, 0.5) is 0 Å². The first-order valence-corrected chi connectivity index (χ1v) is 18.4. The van der Waals surface area contributed by atoms with Gasteiger partial charge in [0, 0.05) is 64.8 Å². The number of aromatic amines is 1. The number of pyridine rings is 1. The number of likely N-dealkylation sites (tertiary alicyclic amines) is 1. The average molecular weight is 717 g/mol. The number of imidazole rings is 1. The summed E-state index contributed by atoms with van der Waals surface area (Å²) in [6.07, 6.45) is 0.514. The van der Waals surface area contributed by atoms with Crippen LogP contribution < -0.4 is 9.47 Å². The Morgan fingerprint density at radius 3 is 2.29 bits per heavy atom. The Labute approximate surface area is 302 Å². The number of piperidine rings is 1. The zero-order valence-electron chi connectivity index (χ0n) is 28.9. The first-order chi connectivity index (χ1) is 24.9. The minimum atomic E-state index is -0.642. The van der Waals surface area contributed by atoms with E-state index in [1.54, 1.807) is 13.0 Å². The smallest absolute Gasteiger partial charge is 0.296 e. The third-order valence-electron chi connectivity index (χ3n) is 10.7. The van der Waals surface area contributed by atoms with Gasteiger partial charge < -0.3 is 38.8 Å². The van der Waals surface area contributed by atoms with Crippen molar-refractivity contribution in [3.63, 3.8) is 0 Å². The van der Waals surface area contributed by atoms with Crippen LogP contribution in [-0.2, 0) is 14.3 Å². The Balaban J connectivity index is 0.804. The fourth-order valence-electron chi connectivity index (χ4n) is 7.69. The summed E-state index contributed by atoms with van der Waals surface area (Å²) in [7, 11) is 0. The molecule has 4 fully saturated rings. The van der Waals surface area contributed by atoms with Gasteiger partial charge in [-0.15, -0.1) is 0 Å². The summed E-state index contributed by atoms with van der Waals surface area (Å²) in [6, 6.07) is 18.5. The molecule has 51 heavy (non-hydrogen) atoms. The SMILES string of the molecule is CC(=O)N1CCC(CN2CCN(CCOc3ccc(-c4ccc(-c5nc6nc(OC7CO[C@@H]8C(O)CO[C@H]78)[nH]c6cc5Cl)cc4)cc3)CC2)CC1. The molecule has 2 aromatic carbocycles. The van der Waals surface area contributed by atoms with Gasteiger partial charge in [-0.25, -0.2) is 4.98 Å². The highest BCUT2D eigenvalue weighted by Gasteiger charge is 2.48. The molecule has 4 aliphatic rings. The molecule has 270 valence electrons. The van der Waals surface area contributed by atoms with Crippen molar-refractivity contribution in [1.82, 2.24) is 29.7 Å². The summed E-state index contributed by atoms with van der Waals surface area (Å²) >= 11 is 6.68. The maximum Gasteiger partial charge on any atom is 0.296 e. The molecular formula is C38H45ClN6O6. The summed E-state index contributed by atoms with van der Waals surface area (Å²) in [6.45, 7) is 11.1. The highest BCUT2D eigenvalue weighted by atomic mass is 35.5. The number of aromatic nitrogens is 3. The molecule has 8 rings (SSSR count). The molecule has 2 aromatic heterocycles. The van der Waals surface area contributed by atoms with Gasteiger partial charge in [-0.05, 0) is 48.1 Å². The molecule has 4 saturated heterocycles. The van der Waals surface area contributed by atoms with E-state index in [9.17, 15) is 9.90 Å². The van der Waals surface area contributed by atoms with E-state index in [0.717, 1.165) is 87.6 Å². The fourth-order valence-corrected chi connectivity index (χ4v) is 7.95. The minimum Gasteiger partial charge on any atom is -0.492 e. The zero-order valence-corrected chi connectivity index (χ0v) is 29.6. The van der Waals surface area contributed by atoms with Gasteiger partial charge in [-0.3, -0.25) is 9.69 Å². The number of hydrogen-bond donors (Lipinski definition) is 2. The quantitative estimate of drug-likeness (QED) is 0.248. The lowest BCUT2D eigenvalue weighted by Gasteiger charge is -2.38. The Bertz CT molecular complexity index is 1810. The molecule has 0 aliphatic carbocycles. The third-order valence-corrected chi connectivity index (χ3v) is 11.0. The van der Waals surface area contributed by atoms with E-state index in [0.29, 0.717) is 47.0 Å². The summed E-state index contributed by atoms with van der Waals surface area (Å²) in [5, 5.41) is 10.5. The van der Waals surface area contributed by atoms with E-state index >= 15 is 0 Å². The topological polar surface area (TPSA) is 126 Å². The molecule has 2 N–H and O–H groups in total. The number of rotatable bonds is 10. The Morgan fingerprint density at radius 1 is 0.902 bits per heavy atom. The lowest BCUT2D eigenvalue weighted by atomic mass is 9.96. The van der Waals surface area contributed by atoms with E-state index < -0.39 is 6.10 Å². The number of nitrogens with zero attached hydrogens (tertiary/aromatic N) is 5. The van der Waals surface area contributed by atoms with E-state index in [2.05, 4.69) is 44.0 Å². The van der Waals surface area contributed by atoms with Gasteiger partial charge in [-0.1, -0.05) is 48.0 Å². The lowest BCUT2D eigenvalue weighted by Crippen LogP contribution is -2.49. The Kier molecular flexibility index (Phi) is 10.1. The monoisotopic (exact) mass is 716 g/mol. The number of carbonyl (C=O) groups excluding carboxylic acids is 1. The van der Waals surface area contributed by atoms with Crippen molar-refractivity contribution >= 4 is 28.7 Å². The number of amides is 1. The molecule has 4 atom stereocenters. The number of aliphatic hydroxyl groups is 1. The van der Waals surface area contributed by atoms with E-state index in [1.165, 1.54) is 0 Å². The van der Waals surface area contributed by atoms with Crippen molar-refractivity contribution in [1.29, 1.82) is 0 Å². The van der Waals surface area contributed by atoms with Gasteiger partial charge in [0.15, 0.2) is 11.8 Å². The number of halogens is 1. The molecular weight excluding hydrogens is 672 g/mol. The van der Waals surface area contributed by atoms with Gasteiger partial charge in [-0.2, -0.15) is 4.98 Å². The number of carbonyl (C=O) groups is 1. The predicted molar refractivity (Wildman–Crippen MR) is 193 cm³/mol. The van der Waals surface area contributed by atoms with Crippen LogP contribution in [0.5, 0.6) is 11.8 Å². The predicted octanol–water partition coefficient (Wildman–Crippen LogP) is 4.11. The number of aliphatic hydroxyl groups excluding tert-OH is 1. The largest absolute Gasteiger partial charge is 0.492 e. The highest BCUT2D eigenvalue weighted by molar-refractivity contribution is 6.33. The number of ether oxygens (including phenoxy) is 4. The molecule has 1 amide bonds. The molecule has 0 saturated carbocycles. The summed E-state index contributed by atoms with van der Waals surface area (Å²) in [4.78, 5) is 31.1. The van der Waals surface area contributed by atoms with Gasteiger partial charge in [0.2, 0.25) is 5.91 Å². The van der Waals surface area contributed by atoms with Gasteiger partial charge >= 0.3 is 0 Å². The number of piperazine rings is 1. The number of H-pyrrole nitrogens is 1. The van der Waals surface area contributed by atoms with Crippen molar-refractivity contribution in [2.24, 2.45) is 5.92 Å². The van der Waals surface area contributed by atoms with Gasteiger partial charge in [0.1, 0.15) is 30.7 Å². The zero-order chi connectivity index (χ0) is 34.9. The van der Waals surface area contributed by atoms with Crippen LogP contribution in [-0.4, -0.2) is 137 Å². The second-order valence-corrected chi connectivity index (χ2v) is 14.5. The van der Waals surface area contributed by atoms with Gasteiger partial charge in [0.05, 0.1) is 29.4 Å². The second-order valence-electron chi connectivity index (χ2n) is 14.1. The molecule has 4 aromatic rings. The number of hydrogen-bond acceptors (Lipinski definition) is 10. The van der Waals surface area contributed by atoms with Crippen molar-refractivity contribution in [3.8, 4) is 34.1 Å². The number of benzene rings is 2. The lowest BCUT2D eigenvalue weighted by molar-refractivity contribution is -0.130. The molecule has 0 radical (unpaired) electrons. The highest BCUT2D eigenvalue weighted by Crippen LogP contribution is 2.33. The average Bonchev–Trinajstić information content (AvgIpc) is 3.85. The standard InChI is InChI=1S/C38H45ClN6O6/c1-24(46)45-12-10-25(11-13-45)21-44-16-14-43(15-17-44)18-19-48-29-8-6-27(7-9-29)26-2-4-28(5-3-26)34-30(39)20-31-37(41-34)42-38(40-31)51-33-23-50-35-32(47)22-49-36(33)35/h2-9,20,25,32-33,35-36,47H,10-19,21-23H2,1H3,(H,40,41,42)/t32?,33?,35-,36-/m1/s1. The molecule has 12 nitrogen and oxygen atoms in total. The van der Waals surface area contributed by atoms with Crippen LogP contribution in [0.3, 0.4) is 0 Å². The van der Waals surface area contributed by atoms with Crippen LogP contribution >= 0.6 is 11.6 Å². The fraction of sp³-hybridized carbons (Fsp3) is 0.500. The first kappa shape index (κ1) is 34.3. The van der Waals surface area contributed by atoms with Crippen LogP contribution in [0, 0.1) is 5.92 Å². The van der Waals surface area contributed by atoms with Crippen molar-refractivity contribution < 1.29 is 28.8 Å². The summed E-state index contributed by atoms with van der Waals surface area (Å²) < 4.78 is 23.5. The van der Waals surface area contributed by atoms with E-state index in [4.69, 9.17) is 35.5 Å². The van der Waals surface area contributed by atoms with Crippen molar-refractivity contribution in [3.05, 3.63) is 59.6 Å².